The van der Waals surface area contributed by atoms with Crippen LogP contribution in [0.2, 0.25) is 0 Å². The monoisotopic (exact) mass is 323 g/mol. The smallest absolute Gasteiger partial charge is 0.276 e. The molecule has 116 valence electrons. The summed E-state index contributed by atoms with van der Waals surface area (Å²) in [4.78, 5) is 21.9. The molecule has 22 heavy (non-hydrogen) atoms. The molecule has 1 heterocycles. The number of nitrogens with zero attached hydrogens (tertiary/aromatic N) is 4. The second-order valence-electron chi connectivity index (χ2n) is 4.14. The molecule has 2 aromatic rings. The van der Waals surface area contributed by atoms with Gasteiger partial charge in [0.25, 0.3) is 11.6 Å². The number of non-ortho nitro benzene ring substituents is 1. The number of nitrogens with one attached hydrogen (secondary N) is 1. The zero-order valence-electron chi connectivity index (χ0n) is 11.8. The SMILES string of the molecule is CSc1nnc(C)n1NC(=O)COc1ccc([N+](=O)[O-])cc1. The number of thioether (sulfide) groups is 1. The first-order chi connectivity index (χ1) is 10.5. The molecular formula is C12H13N5O4S. The van der Waals surface area contributed by atoms with E-state index in [4.69, 9.17) is 4.74 Å². The van der Waals surface area contributed by atoms with E-state index in [0.29, 0.717) is 16.7 Å². The maximum atomic E-state index is 11.8. The predicted octanol–water partition coefficient (Wildman–Crippen LogP) is 1.37. The summed E-state index contributed by atoms with van der Waals surface area (Å²) in [5, 5.41) is 18.8. The van der Waals surface area contributed by atoms with Crippen LogP contribution in [0.4, 0.5) is 5.69 Å². The molecule has 1 amide bonds. The summed E-state index contributed by atoms with van der Waals surface area (Å²) in [5.41, 5.74) is 2.57. The van der Waals surface area contributed by atoms with E-state index in [2.05, 4.69) is 15.6 Å². The largest absolute Gasteiger partial charge is 0.484 e. The van der Waals surface area contributed by atoms with Crippen molar-refractivity contribution in [2.45, 2.75) is 12.1 Å². The number of ether oxygens (including phenoxy) is 1. The molecular weight excluding hydrogens is 310 g/mol. The van der Waals surface area contributed by atoms with Gasteiger partial charge in [-0.2, -0.15) is 0 Å². The summed E-state index contributed by atoms with van der Waals surface area (Å²) in [5.74, 6) is 0.524. The van der Waals surface area contributed by atoms with Crippen molar-refractivity contribution in [1.29, 1.82) is 0 Å². The van der Waals surface area contributed by atoms with E-state index < -0.39 is 10.8 Å². The number of nitro benzene ring substituents is 1. The fourth-order valence-electron chi connectivity index (χ4n) is 1.57. The number of hydrogen-bond acceptors (Lipinski definition) is 7. The Balaban J connectivity index is 1.92. The molecule has 0 aliphatic rings. The van der Waals surface area contributed by atoms with Gasteiger partial charge in [-0.15, -0.1) is 10.2 Å². The normalized spacial score (nSPS) is 10.3. The van der Waals surface area contributed by atoms with Crippen molar-refractivity contribution < 1.29 is 14.5 Å². The highest BCUT2D eigenvalue weighted by atomic mass is 32.2. The van der Waals surface area contributed by atoms with Crippen molar-refractivity contribution in [1.82, 2.24) is 14.9 Å². The van der Waals surface area contributed by atoms with Gasteiger partial charge in [0.2, 0.25) is 5.16 Å². The number of hydrogen-bond donors (Lipinski definition) is 1. The van der Waals surface area contributed by atoms with E-state index in [1.54, 1.807) is 6.92 Å². The zero-order chi connectivity index (χ0) is 16.1. The van der Waals surface area contributed by atoms with Crippen LogP contribution in [0.5, 0.6) is 5.75 Å². The first kappa shape index (κ1) is 15.8. The molecule has 0 spiro atoms. The number of nitro groups is 1. The molecule has 2 rings (SSSR count). The third-order valence-corrected chi connectivity index (χ3v) is 3.26. The van der Waals surface area contributed by atoms with Gasteiger partial charge in [0.1, 0.15) is 11.6 Å². The number of rotatable bonds is 6. The lowest BCUT2D eigenvalue weighted by molar-refractivity contribution is -0.384. The Morgan fingerprint density at radius 3 is 2.68 bits per heavy atom. The van der Waals surface area contributed by atoms with Gasteiger partial charge in [-0.1, -0.05) is 11.8 Å². The maximum Gasteiger partial charge on any atom is 0.276 e. The second kappa shape index (κ2) is 6.89. The second-order valence-corrected chi connectivity index (χ2v) is 4.92. The van der Waals surface area contributed by atoms with Gasteiger partial charge in [0, 0.05) is 12.1 Å². The number of aryl methyl sites for hydroxylation is 1. The molecule has 10 heteroatoms. The van der Waals surface area contributed by atoms with Crippen LogP contribution in [-0.2, 0) is 4.79 Å². The van der Waals surface area contributed by atoms with Gasteiger partial charge in [-0.3, -0.25) is 20.3 Å². The highest BCUT2D eigenvalue weighted by Gasteiger charge is 2.11. The molecule has 1 aromatic heterocycles. The highest BCUT2D eigenvalue weighted by molar-refractivity contribution is 7.98. The fraction of sp³-hybridized carbons (Fsp3) is 0.250. The molecule has 0 atom stereocenters. The lowest BCUT2D eigenvalue weighted by Gasteiger charge is -2.10. The molecule has 0 aliphatic carbocycles. The zero-order valence-corrected chi connectivity index (χ0v) is 12.7. The average Bonchev–Trinajstić information content (AvgIpc) is 2.86. The Morgan fingerprint density at radius 2 is 2.09 bits per heavy atom. The Kier molecular flexibility index (Phi) is 4.94. The van der Waals surface area contributed by atoms with Crippen molar-refractivity contribution in [3.63, 3.8) is 0 Å². The molecule has 9 nitrogen and oxygen atoms in total. The van der Waals surface area contributed by atoms with Crippen LogP contribution in [0, 0.1) is 17.0 Å². The van der Waals surface area contributed by atoms with Crippen LogP contribution < -0.4 is 10.2 Å². The minimum absolute atomic E-state index is 0.0403. The third-order valence-electron chi connectivity index (χ3n) is 2.63. The quantitative estimate of drug-likeness (QED) is 0.485. The summed E-state index contributed by atoms with van der Waals surface area (Å²) < 4.78 is 6.73. The Bertz CT molecular complexity index is 685. The van der Waals surface area contributed by atoms with Gasteiger partial charge in [-0.25, -0.2) is 4.68 Å². The molecule has 0 saturated carbocycles. The van der Waals surface area contributed by atoms with E-state index in [-0.39, 0.29) is 12.3 Å². The third kappa shape index (κ3) is 3.73. The Hall–Kier alpha value is -2.62. The van der Waals surface area contributed by atoms with Crippen LogP contribution in [0.15, 0.2) is 29.4 Å². The number of carbonyl (C=O) groups is 1. The first-order valence-electron chi connectivity index (χ1n) is 6.14. The molecule has 0 radical (unpaired) electrons. The van der Waals surface area contributed by atoms with Crippen molar-refractivity contribution in [2.24, 2.45) is 0 Å². The molecule has 1 aromatic carbocycles. The molecule has 1 N–H and O–H groups in total. The highest BCUT2D eigenvalue weighted by Crippen LogP contribution is 2.17. The van der Waals surface area contributed by atoms with Crippen molar-refractivity contribution in [2.75, 3.05) is 18.3 Å². The molecule has 0 fully saturated rings. The number of amides is 1. The topological polar surface area (TPSA) is 112 Å². The molecule has 0 aliphatic heterocycles. The van der Waals surface area contributed by atoms with E-state index >= 15 is 0 Å². The summed E-state index contributed by atoms with van der Waals surface area (Å²) >= 11 is 1.35. The van der Waals surface area contributed by atoms with Crippen LogP contribution in [0.1, 0.15) is 5.82 Å². The molecule has 0 bridgehead atoms. The summed E-state index contributed by atoms with van der Waals surface area (Å²) in [7, 11) is 0. The predicted molar refractivity (Wildman–Crippen MR) is 79.5 cm³/mol. The Morgan fingerprint density at radius 1 is 1.41 bits per heavy atom. The lowest BCUT2D eigenvalue weighted by Crippen LogP contribution is -2.29. The van der Waals surface area contributed by atoms with Crippen LogP contribution in [-0.4, -0.2) is 38.6 Å². The maximum absolute atomic E-state index is 11.8. The fourth-order valence-corrected chi connectivity index (χ4v) is 2.06. The van der Waals surface area contributed by atoms with Crippen molar-refractivity contribution in [3.8, 4) is 5.75 Å². The summed E-state index contributed by atoms with van der Waals surface area (Å²) in [6.45, 7) is 1.48. The minimum atomic E-state index is -0.505. The standard InChI is InChI=1S/C12H13N5O4S/c1-8-13-14-12(22-2)16(8)15-11(18)7-21-10-5-3-9(4-6-10)17(19)20/h3-6H,7H2,1-2H3,(H,15,18). The van der Waals surface area contributed by atoms with Crippen molar-refractivity contribution >= 4 is 23.4 Å². The van der Waals surface area contributed by atoms with Crippen LogP contribution in [0.25, 0.3) is 0 Å². The van der Waals surface area contributed by atoms with E-state index in [9.17, 15) is 14.9 Å². The van der Waals surface area contributed by atoms with E-state index in [1.807, 2.05) is 6.26 Å². The van der Waals surface area contributed by atoms with Crippen molar-refractivity contribution in [3.05, 3.63) is 40.2 Å². The number of carbonyl (C=O) groups excluding carboxylic acids is 1. The minimum Gasteiger partial charge on any atom is -0.484 e. The summed E-state index contributed by atoms with van der Waals surface area (Å²) in [6, 6.07) is 5.48. The Labute approximate surface area is 129 Å². The van der Waals surface area contributed by atoms with Crippen LogP contribution in [0.3, 0.4) is 0 Å². The molecule has 0 saturated heterocycles. The number of aromatic nitrogens is 3. The van der Waals surface area contributed by atoms with Gasteiger partial charge < -0.3 is 4.74 Å². The van der Waals surface area contributed by atoms with Gasteiger partial charge in [0.15, 0.2) is 6.61 Å². The average molecular weight is 323 g/mol. The first-order valence-corrected chi connectivity index (χ1v) is 7.37. The van der Waals surface area contributed by atoms with Gasteiger partial charge >= 0.3 is 0 Å². The van der Waals surface area contributed by atoms with E-state index in [1.165, 1.54) is 40.7 Å². The molecule has 0 unspecified atom stereocenters. The lowest BCUT2D eigenvalue weighted by atomic mass is 10.3. The van der Waals surface area contributed by atoms with Gasteiger partial charge in [-0.05, 0) is 25.3 Å². The van der Waals surface area contributed by atoms with E-state index in [0.717, 1.165) is 0 Å². The van der Waals surface area contributed by atoms with Gasteiger partial charge in [0.05, 0.1) is 4.92 Å². The van der Waals surface area contributed by atoms with Crippen LogP contribution >= 0.6 is 11.8 Å². The summed E-state index contributed by atoms with van der Waals surface area (Å²) in [6.07, 6.45) is 1.82. The number of benzene rings is 1.